The van der Waals surface area contributed by atoms with Gasteiger partial charge in [-0.05, 0) is 18.6 Å². The average Bonchev–Trinajstić information content (AvgIpc) is 2.31. The molecule has 1 aliphatic heterocycles. The number of aromatic hydroxyl groups is 1. The van der Waals surface area contributed by atoms with Gasteiger partial charge in [-0.1, -0.05) is 17.7 Å². The molecule has 1 aromatic carbocycles. The Labute approximate surface area is 101 Å². The number of hydrogen-bond donors (Lipinski definition) is 2. The van der Waals surface area contributed by atoms with Crippen molar-refractivity contribution in [3.63, 3.8) is 0 Å². The van der Waals surface area contributed by atoms with Crippen LogP contribution in [0.5, 0.6) is 5.75 Å². The predicted octanol–water partition coefficient (Wildman–Crippen LogP) is 1.76. The number of nitrogens with one attached hydrogen (secondary N) is 1. The maximum absolute atomic E-state index is 9.98. The van der Waals surface area contributed by atoms with Crippen molar-refractivity contribution < 1.29 is 5.11 Å². The second-order valence-electron chi connectivity index (χ2n) is 4.22. The Balaban J connectivity index is 2.16. The predicted molar refractivity (Wildman–Crippen MR) is 66.0 cm³/mol. The van der Waals surface area contributed by atoms with Crippen molar-refractivity contribution in [1.82, 2.24) is 10.2 Å². The lowest BCUT2D eigenvalue weighted by Crippen LogP contribution is -2.42. The zero-order valence-corrected chi connectivity index (χ0v) is 10.2. The van der Waals surface area contributed by atoms with Gasteiger partial charge >= 0.3 is 0 Å². The van der Waals surface area contributed by atoms with Gasteiger partial charge in [-0.25, -0.2) is 0 Å². The van der Waals surface area contributed by atoms with E-state index >= 15 is 0 Å². The molecule has 0 amide bonds. The molecule has 1 aromatic rings. The highest BCUT2D eigenvalue weighted by Gasteiger charge is 2.15. The molecule has 0 unspecified atom stereocenters. The molecule has 0 aromatic heterocycles. The van der Waals surface area contributed by atoms with Crippen molar-refractivity contribution in [2.45, 2.75) is 13.5 Å². The second-order valence-corrected chi connectivity index (χ2v) is 4.62. The molecule has 1 heterocycles. The minimum atomic E-state index is 0.339. The van der Waals surface area contributed by atoms with E-state index in [1.54, 1.807) is 0 Å². The van der Waals surface area contributed by atoms with Crippen molar-refractivity contribution in [3.05, 3.63) is 28.3 Å². The topological polar surface area (TPSA) is 35.5 Å². The summed E-state index contributed by atoms with van der Waals surface area (Å²) in [6.45, 7) is 6.64. The van der Waals surface area contributed by atoms with E-state index in [0.717, 1.165) is 43.9 Å². The van der Waals surface area contributed by atoms with Gasteiger partial charge in [0, 0.05) is 43.3 Å². The Morgan fingerprint density at radius 2 is 2.06 bits per heavy atom. The molecule has 1 saturated heterocycles. The van der Waals surface area contributed by atoms with E-state index in [1.165, 1.54) is 0 Å². The maximum Gasteiger partial charge on any atom is 0.124 e. The van der Waals surface area contributed by atoms with Crippen LogP contribution in [0.25, 0.3) is 0 Å². The maximum atomic E-state index is 9.98. The minimum absolute atomic E-state index is 0.339. The van der Waals surface area contributed by atoms with Crippen molar-refractivity contribution in [2.24, 2.45) is 0 Å². The molecule has 1 fully saturated rings. The molecule has 1 aliphatic rings. The Morgan fingerprint density at radius 3 is 2.75 bits per heavy atom. The number of halogens is 1. The van der Waals surface area contributed by atoms with Crippen LogP contribution in [0.4, 0.5) is 0 Å². The molecular formula is C12H17ClN2O. The van der Waals surface area contributed by atoms with Crippen LogP contribution in [0.2, 0.25) is 5.02 Å². The van der Waals surface area contributed by atoms with Crippen LogP contribution >= 0.6 is 11.6 Å². The highest BCUT2D eigenvalue weighted by atomic mass is 35.5. The molecule has 0 bridgehead atoms. The summed E-state index contributed by atoms with van der Waals surface area (Å²) in [7, 11) is 0. The van der Waals surface area contributed by atoms with Gasteiger partial charge in [0.15, 0.2) is 0 Å². The van der Waals surface area contributed by atoms with Crippen molar-refractivity contribution in [3.8, 4) is 5.75 Å². The summed E-state index contributed by atoms with van der Waals surface area (Å²) in [5, 5.41) is 13.9. The molecule has 16 heavy (non-hydrogen) atoms. The number of phenolic OH excluding ortho intramolecular Hbond substituents is 1. The second kappa shape index (κ2) is 5.04. The molecule has 88 valence electrons. The van der Waals surface area contributed by atoms with Crippen molar-refractivity contribution in [1.29, 1.82) is 0 Å². The summed E-state index contributed by atoms with van der Waals surface area (Å²) in [5.41, 5.74) is 1.73. The van der Waals surface area contributed by atoms with Gasteiger partial charge in [0.1, 0.15) is 5.75 Å². The van der Waals surface area contributed by atoms with E-state index in [0.29, 0.717) is 10.8 Å². The first-order valence-electron chi connectivity index (χ1n) is 5.58. The Hall–Kier alpha value is -0.770. The standard InChI is InChI=1S/C12H17ClN2O/c1-9-2-3-11(13)10(12(9)16)8-15-6-4-14-5-7-15/h2-3,14,16H,4-8H2,1H3. The number of piperazine rings is 1. The zero-order chi connectivity index (χ0) is 11.5. The summed E-state index contributed by atoms with van der Waals surface area (Å²) in [4.78, 5) is 2.30. The van der Waals surface area contributed by atoms with Gasteiger partial charge in [-0.3, -0.25) is 4.90 Å². The third-order valence-corrected chi connectivity index (χ3v) is 3.37. The molecule has 3 nitrogen and oxygen atoms in total. The van der Waals surface area contributed by atoms with Crippen LogP contribution in [0.3, 0.4) is 0 Å². The number of benzene rings is 1. The van der Waals surface area contributed by atoms with E-state index in [1.807, 2.05) is 19.1 Å². The third-order valence-electron chi connectivity index (χ3n) is 3.02. The highest BCUT2D eigenvalue weighted by Crippen LogP contribution is 2.30. The molecule has 4 heteroatoms. The lowest BCUT2D eigenvalue weighted by Gasteiger charge is -2.27. The van der Waals surface area contributed by atoms with Gasteiger partial charge in [-0.15, -0.1) is 0 Å². The quantitative estimate of drug-likeness (QED) is 0.827. The minimum Gasteiger partial charge on any atom is -0.507 e. The highest BCUT2D eigenvalue weighted by molar-refractivity contribution is 6.31. The van der Waals surface area contributed by atoms with Crippen LogP contribution < -0.4 is 5.32 Å². The van der Waals surface area contributed by atoms with Gasteiger partial charge in [0.25, 0.3) is 0 Å². The number of hydrogen-bond acceptors (Lipinski definition) is 3. The third kappa shape index (κ3) is 2.48. The molecule has 2 rings (SSSR count). The number of rotatable bonds is 2. The fourth-order valence-corrected chi connectivity index (χ4v) is 2.18. The van der Waals surface area contributed by atoms with Crippen LogP contribution in [0.15, 0.2) is 12.1 Å². The van der Waals surface area contributed by atoms with E-state index in [2.05, 4.69) is 10.2 Å². The summed E-state index contributed by atoms with van der Waals surface area (Å²) < 4.78 is 0. The van der Waals surface area contributed by atoms with Crippen LogP contribution in [0, 0.1) is 6.92 Å². The first-order valence-corrected chi connectivity index (χ1v) is 5.96. The summed E-state index contributed by atoms with van der Waals surface area (Å²) in [5.74, 6) is 0.339. The molecule has 0 radical (unpaired) electrons. The molecule has 0 atom stereocenters. The van der Waals surface area contributed by atoms with Crippen molar-refractivity contribution >= 4 is 11.6 Å². The monoisotopic (exact) mass is 240 g/mol. The van der Waals surface area contributed by atoms with E-state index in [4.69, 9.17) is 11.6 Å². The smallest absolute Gasteiger partial charge is 0.124 e. The van der Waals surface area contributed by atoms with Gasteiger partial charge in [0.05, 0.1) is 0 Å². The van der Waals surface area contributed by atoms with Gasteiger partial charge in [0.2, 0.25) is 0 Å². The first kappa shape index (κ1) is 11.7. The number of nitrogens with zero attached hydrogens (tertiary/aromatic N) is 1. The molecule has 0 aliphatic carbocycles. The van der Waals surface area contributed by atoms with Gasteiger partial charge in [-0.2, -0.15) is 0 Å². The van der Waals surface area contributed by atoms with E-state index < -0.39 is 0 Å². The first-order chi connectivity index (χ1) is 7.68. The van der Waals surface area contributed by atoms with Crippen LogP contribution in [0.1, 0.15) is 11.1 Å². The Kier molecular flexibility index (Phi) is 3.69. The van der Waals surface area contributed by atoms with Gasteiger partial charge < -0.3 is 10.4 Å². The Morgan fingerprint density at radius 1 is 1.38 bits per heavy atom. The molecular weight excluding hydrogens is 224 g/mol. The normalized spacial score (nSPS) is 17.6. The number of aryl methyl sites for hydroxylation is 1. The Bertz CT molecular complexity index is 376. The fourth-order valence-electron chi connectivity index (χ4n) is 1.97. The molecule has 0 spiro atoms. The molecule has 2 N–H and O–H groups in total. The SMILES string of the molecule is Cc1ccc(Cl)c(CN2CCNCC2)c1O. The van der Waals surface area contributed by atoms with E-state index in [-0.39, 0.29) is 0 Å². The lowest BCUT2D eigenvalue weighted by atomic mass is 10.1. The lowest BCUT2D eigenvalue weighted by molar-refractivity contribution is 0.230. The molecule has 0 saturated carbocycles. The summed E-state index contributed by atoms with van der Waals surface area (Å²) in [6, 6.07) is 3.70. The van der Waals surface area contributed by atoms with E-state index in [9.17, 15) is 5.11 Å². The van der Waals surface area contributed by atoms with Crippen LogP contribution in [-0.4, -0.2) is 36.2 Å². The van der Waals surface area contributed by atoms with Crippen LogP contribution in [-0.2, 0) is 6.54 Å². The average molecular weight is 241 g/mol. The fraction of sp³-hybridized carbons (Fsp3) is 0.500. The summed E-state index contributed by atoms with van der Waals surface area (Å²) >= 11 is 6.12. The summed E-state index contributed by atoms with van der Waals surface area (Å²) in [6.07, 6.45) is 0. The largest absolute Gasteiger partial charge is 0.507 e. The number of phenols is 1. The zero-order valence-electron chi connectivity index (χ0n) is 9.46. The van der Waals surface area contributed by atoms with Crippen molar-refractivity contribution in [2.75, 3.05) is 26.2 Å².